The predicted molar refractivity (Wildman–Crippen MR) is 112 cm³/mol. The Bertz CT molecular complexity index is 975. The third-order valence-corrected chi connectivity index (χ3v) is 5.47. The summed E-state index contributed by atoms with van der Waals surface area (Å²) in [5, 5.41) is 5.88. The molecule has 3 rings (SSSR count). The number of aryl methyl sites for hydroxylation is 2. The molecule has 3 nitrogen and oxygen atoms in total. The summed E-state index contributed by atoms with van der Waals surface area (Å²) >= 11 is 13.5. The number of benzene rings is 2. The van der Waals surface area contributed by atoms with E-state index in [1.807, 2.05) is 6.07 Å². The number of rotatable bonds is 5. The highest BCUT2D eigenvalue weighted by molar-refractivity contribution is 7.99. The molecular weight excluding hydrogens is 387 g/mol. The van der Waals surface area contributed by atoms with Crippen LogP contribution in [0.2, 0.25) is 10.0 Å². The lowest BCUT2D eigenvalue weighted by atomic mass is 10.1. The molecule has 0 saturated carbocycles. The van der Waals surface area contributed by atoms with Crippen molar-refractivity contribution in [1.82, 2.24) is 4.98 Å². The van der Waals surface area contributed by atoms with Crippen LogP contribution in [0.25, 0.3) is 10.9 Å². The van der Waals surface area contributed by atoms with Crippen molar-refractivity contribution >= 4 is 57.5 Å². The van der Waals surface area contributed by atoms with Crippen molar-refractivity contribution in [2.75, 3.05) is 11.1 Å². The molecule has 2 aromatic carbocycles. The van der Waals surface area contributed by atoms with Crippen LogP contribution >= 0.6 is 35.0 Å². The van der Waals surface area contributed by atoms with Gasteiger partial charge in [-0.15, -0.1) is 11.8 Å². The van der Waals surface area contributed by atoms with Gasteiger partial charge in [0.2, 0.25) is 5.91 Å². The molecule has 0 atom stereocenters. The number of nitrogens with zero attached hydrogens (tertiary/aromatic N) is 1. The first-order valence-corrected chi connectivity index (χ1v) is 9.93. The number of thioether (sulfide) groups is 1. The predicted octanol–water partition coefficient (Wildman–Crippen LogP) is 6.28. The standard InChI is InChI=1S/C20H18Cl2N2OS/c1-12-4-3-5-15-13(2)10-19(24-20(12)15)26-9-8-18(25)23-17-7-6-14(21)11-16(17)22/h3-7,10-11H,8-9H2,1-2H3,(H,23,25). The number of carbonyl (C=O) groups is 1. The first-order chi connectivity index (χ1) is 12.4. The molecule has 0 aliphatic heterocycles. The van der Waals surface area contributed by atoms with Crippen molar-refractivity contribution in [3.05, 3.63) is 63.6 Å². The minimum Gasteiger partial charge on any atom is -0.325 e. The average Bonchev–Trinajstić information content (AvgIpc) is 2.58. The summed E-state index contributed by atoms with van der Waals surface area (Å²) in [6.45, 7) is 4.15. The maximum atomic E-state index is 12.1. The Morgan fingerprint density at radius 2 is 1.92 bits per heavy atom. The molecular formula is C20H18Cl2N2OS. The normalized spacial score (nSPS) is 10.9. The highest BCUT2D eigenvalue weighted by Gasteiger charge is 2.09. The fraction of sp³-hybridized carbons (Fsp3) is 0.200. The van der Waals surface area contributed by atoms with Crippen molar-refractivity contribution < 1.29 is 4.79 Å². The molecule has 0 bridgehead atoms. The van der Waals surface area contributed by atoms with Crippen LogP contribution in [0.3, 0.4) is 0 Å². The van der Waals surface area contributed by atoms with E-state index in [4.69, 9.17) is 28.2 Å². The Morgan fingerprint density at radius 3 is 2.69 bits per heavy atom. The zero-order valence-electron chi connectivity index (χ0n) is 14.5. The van der Waals surface area contributed by atoms with Gasteiger partial charge in [0, 0.05) is 22.6 Å². The maximum absolute atomic E-state index is 12.1. The number of pyridine rings is 1. The summed E-state index contributed by atoms with van der Waals surface area (Å²) in [5.41, 5.74) is 3.94. The van der Waals surface area contributed by atoms with Gasteiger partial charge in [-0.25, -0.2) is 4.98 Å². The van der Waals surface area contributed by atoms with Gasteiger partial charge in [0.05, 0.1) is 21.3 Å². The quantitative estimate of drug-likeness (QED) is 0.508. The Labute approximate surface area is 167 Å². The highest BCUT2D eigenvalue weighted by Crippen LogP contribution is 2.27. The third kappa shape index (κ3) is 4.50. The van der Waals surface area contributed by atoms with Crippen LogP contribution in [-0.4, -0.2) is 16.6 Å². The second-order valence-corrected chi connectivity index (χ2v) is 7.98. The van der Waals surface area contributed by atoms with Gasteiger partial charge in [-0.2, -0.15) is 0 Å². The van der Waals surface area contributed by atoms with E-state index in [9.17, 15) is 4.79 Å². The molecule has 0 saturated heterocycles. The molecule has 0 unspecified atom stereocenters. The Hall–Kier alpha value is -1.75. The lowest BCUT2D eigenvalue weighted by Gasteiger charge is -2.09. The number of aromatic nitrogens is 1. The zero-order chi connectivity index (χ0) is 18.7. The van der Waals surface area contributed by atoms with E-state index in [1.165, 1.54) is 10.9 Å². The van der Waals surface area contributed by atoms with Gasteiger partial charge in [0.1, 0.15) is 0 Å². The van der Waals surface area contributed by atoms with E-state index in [1.54, 1.807) is 30.0 Å². The van der Waals surface area contributed by atoms with Gasteiger partial charge < -0.3 is 5.32 Å². The van der Waals surface area contributed by atoms with Gasteiger partial charge in [-0.3, -0.25) is 4.79 Å². The summed E-state index contributed by atoms with van der Waals surface area (Å²) in [7, 11) is 0. The molecule has 26 heavy (non-hydrogen) atoms. The molecule has 1 N–H and O–H groups in total. The van der Waals surface area contributed by atoms with E-state index in [0.717, 1.165) is 16.1 Å². The summed E-state index contributed by atoms with van der Waals surface area (Å²) < 4.78 is 0. The molecule has 3 aromatic rings. The fourth-order valence-corrected chi connectivity index (χ4v) is 4.03. The van der Waals surface area contributed by atoms with Crippen LogP contribution in [0.1, 0.15) is 17.5 Å². The Morgan fingerprint density at radius 1 is 1.12 bits per heavy atom. The monoisotopic (exact) mass is 404 g/mol. The second kappa shape index (κ2) is 8.30. The molecule has 6 heteroatoms. The molecule has 134 valence electrons. The van der Waals surface area contributed by atoms with E-state index >= 15 is 0 Å². The number of nitrogens with one attached hydrogen (secondary N) is 1. The van der Waals surface area contributed by atoms with Gasteiger partial charge in [0.25, 0.3) is 0 Å². The first-order valence-electron chi connectivity index (χ1n) is 8.19. The number of hydrogen-bond donors (Lipinski definition) is 1. The Balaban J connectivity index is 1.62. The molecule has 1 amide bonds. The third-order valence-electron chi connectivity index (χ3n) is 4.01. The molecule has 0 aliphatic carbocycles. The van der Waals surface area contributed by atoms with E-state index in [0.29, 0.717) is 27.9 Å². The summed E-state index contributed by atoms with van der Waals surface area (Å²) in [6.07, 6.45) is 0.371. The number of halogens is 2. The molecule has 1 aromatic heterocycles. The van der Waals surface area contributed by atoms with Crippen molar-refractivity contribution in [3.8, 4) is 0 Å². The lowest BCUT2D eigenvalue weighted by molar-refractivity contribution is -0.115. The summed E-state index contributed by atoms with van der Waals surface area (Å²) in [5.74, 6) is 0.552. The summed E-state index contributed by atoms with van der Waals surface area (Å²) in [6, 6.07) is 13.3. The zero-order valence-corrected chi connectivity index (χ0v) is 16.8. The number of fused-ring (bicyclic) bond motifs is 1. The second-order valence-electron chi connectivity index (χ2n) is 6.02. The Kier molecular flexibility index (Phi) is 6.07. The van der Waals surface area contributed by atoms with Crippen molar-refractivity contribution in [1.29, 1.82) is 0 Å². The number of hydrogen-bond acceptors (Lipinski definition) is 3. The number of amides is 1. The SMILES string of the molecule is Cc1cc(SCCC(=O)Nc2ccc(Cl)cc2Cl)nc2c(C)cccc12. The molecule has 1 heterocycles. The van der Waals surface area contributed by atoms with E-state index in [2.05, 4.69) is 37.4 Å². The van der Waals surface area contributed by atoms with Gasteiger partial charge in [0.15, 0.2) is 0 Å². The van der Waals surface area contributed by atoms with Crippen LogP contribution in [0, 0.1) is 13.8 Å². The fourth-order valence-electron chi connectivity index (χ4n) is 2.66. The minimum atomic E-state index is -0.0876. The molecule has 0 spiro atoms. The van der Waals surface area contributed by atoms with Gasteiger partial charge in [-0.1, -0.05) is 41.4 Å². The average molecular weight is 405 g/mol. The lowest BCUT2D eigenvalue weighted by Crippen LogP contribution is -2.12. The van der Waals surface area contributed by atoms with Crippen molar-refractivity contribution in [3.63, 3.8) is 0 Å². The smallest absolute Gasteiger partial charge is 0.225 e. The number of anilines is 1. The molecule has 0 radical (unpaired) electrons. The first kappa shape index (κ1) is 19.0. The molecule has 0 aliphatic rings. The van der Waals surface area contributed by atoms with Crippen LogP contribution < -0.4 is 5.32 Å². The number of carbonyl (C=O) groups excluding carboxylic acids is 1. The maximum Gasteiger partial charge on any atom is 0.225 e. The molecule has 0 fully saturated rings. The van der Waals surface area contributed by atoms with Crippen LogP contribution in [0.4, 0.5) is 5.69 Å². The topological polar surface area (TPSA) is 42.0 Å². The van der Waals surface area contributed by atoms with Gasteiger partial charge >= 0.3 is 0 Å². The van der Waals surface area contributed by atoms with Crippen molar-refractivity contribution in [2.24, 2.45) is 0 Å². The van der Waals surface area contributed by atoms with Gasteiger partial charge in [-0.05, 0) is 49.2 Å². The minimum absolute atomic E-state index is 0.0876. The van der Waals surface area contributed by atoms with Crippen LogP contribution in [0.5, 0.6) is 0 Å². The highest BCUT2D eigenvalue weighted by atomic mass is 35.5. The van der Waals surface area contributed by atoms with Crippen LogP contribution in [0.15, 0.2) is 47.5 Å². The number of para-hydroxylation sites is 1. The van der Waals surface area contributed by atoms with Crippen molar-refractivity contribution in [2.45, 2.75) is 25.3 Å². The van der Waals surface area contributed by atoms with E-state index < -0.39 is 0 Å². The van der Waals surface area contributed by atoms with E-state index in [-0.39, 0.29) is 5.91 Å². The van der Waals surface area contributed by atoms with Crippen LogP contribution in [-0.2, 0) is 4.79 Å². The largest absolute Gasteiger partial charge is 0.325 e. The summed E-state index contributed by atoms with van der Waals surface area (Å²) in [4.78, 5) is 16.9.